The second kappa shape index (κ2) is 17.1. The minimum Gasteiger partial charge on any atom is -0.309 e. The quantitative estimate of drug-likeness (QED) is 0.145. The normalized spacial score (nSPS) is 11.3. The highest BCUT2D eigenvalue weighted by molar-refractivity contribution is 6.16. The van der Waals surface area contributed by atoms with Crippen molar-refractivity contribution in [3.05, 3.63) is 249 Å². The lowest BCUT2D eigenvalue weighted by molar-refractivity contribution is 1.07. The third kappa shape index (κ3) is 7.64. The van der Waals surface area contributed by atoms with E-state index in [1.807, 2.05) is 42.7 Å². The molecule has 0 aliphatic carbocycles. The molecule has 0 N–H and O–H groups in total. The fourth-order valence-electron chi connectivity index (χ4n) is 9.26. The fraction of sp³-hybridized carbons (Fsp3) is 0. The van der Waals surface area contributed by atoms with Gasteiger partial charge in [0.05, 0.1) is 11.0 Å². The number of hydrogen-bond donors (Lipinski definition) is 0. The first-order chi connectivity index (χ1) is 33.2. The third-order valence-electron chi connectivity index (χ3n) is 12.5. The van der Waals surface area contributed by atoms with Crippen LogP contribution in [0.5, 0.6) is 0 Å². The highest BCUT2D eigenvalue weighted by atomic mass is 15.0. The lowest BCUT2D eigenvalue weighted by Crippen LogP contribution is -2.00. The number of nitrogens with zero attached hydrogens (tertiary/aromatic N) is 5. The Balaban J connectivity index is 1.00. The summed E-state index contributed by atoms with van der Waals surface area (Å²) in [5.41, 5.74) is 17.1. The molecule has 0 amide bonds. The lowest BCUT2D eigenvalue weighted by Gasteiger charge is -2.13. The molecule has 9 aromatic carbocycles. The second-order valence-electron chi connectivity index (χ2n) is 16.7. The van der Waals surface area contributed by atoms with E-state index in [4.69, 9.17) is 19.9 Å². The number of hydrogen-bond acceptors (Lipinski definition) is 4. The average Bonchev–Trinajstić information content (AvgIpc) is 3.76. The first-order valence-electron chi connectivity index (χ1n) is 22.5. The molecule has 3 heterocycles. The van der Waals surface area contributed by atoms with E-state index in [9.17, 15) is 0 Å². The maximum absolute atomic E-state index is 5.23. The Morgan fingerprint density at radius 3 is 1.34 bits per heavy atom. The molecule has 0 bridgehead atoms. The zero-order chi connectivity index (χ0) is 44.5. The van der Waals surface area contributed by atoms with Gasteiger partial charge in [0, 0.05) is 51.1 Å². The van der Waals surface area contributed by atoms with Crippen LogP contribution in [0.4, 0.5) is 0 Å². The van der Waals surface area contributed by atoms with E-state index in [-0.39, 0.29) is 0 Å². The van der Waals surface area contributed by atoms with Crippen molar-refractivity contribution in [1.29, 1.82) is 0 Å². The van der Waals surface area contributed by atoms with Crippen molar-refractivity contribution in [3.63, 3.8) is 0 Å². The van der Waals surface area contributed by atoms with Gasteiger partial charge in [-0.05, 0) is 111 Å². The summed E-state index contributed by atoms with van der Waals surface area (Å²) in [5.74, 6) is 1.72. The average molecular weight is 856 g/mol. The maximum Gasteiger partial charge on any atom is 0.165 e. The molecule has 12 aromatic rings. The van der Waals surface area contributed by atoms with Crippen molar-refractivity contribution >= 4 is 21.8 Å². The lowest BCUT2D eigenvalue weighted by atomic mass is 9.93. The molecular formula is C62H41N5. The van der Waals surface area contributed by atoms with Gasteiger partial charge in [0.25, 0.3) is 0 Å². The Labute approximate surface area is 389 Å². The predicted octanol–water partition coefficient (Wildman–Crippen LogP) is 15.7. The zero-order valence-electron chi connectivity index (χ0n) is 36.4. The SMILES string of the molecule is c1ccc(-c2cc(-c3ccccc3)cc(-c3cncc(-c4nc(-c5ccccc5)nc(-c5cccc(-c6cccc7c6c6cc(-c8ccccc8)ccc6n7-c6ccccc6)c5)n4)c3)c2)cc1. The Morgan fingerprint density at radius 1 is 0.269 bits per heavy atom. The molecule has 0 saturated heterocycles. The van der Waals surface area contributed by atoms with Crippen molar-refractivity contribution in [1.82, 2.24) is 24.5 Å². The Kier molecular flexibility index (Phi) is 10.1. The molecule has 3 aromatic heterocycles. The molecule has 0 radical (unpaired) electrons. The van der Waals surface area contributed by atoms with Crippen LogP contribution < -0.4 is 0 Å². The minimum absolute atomic E-state index is 0.549. The molecule has 0 saturated carbocycles. The molecule has 314 valence electrons. The third-order valence-corrected chi connectivity index (χ3v) is 12.5. The Bertz CT molecular complexity index is 3660. The molecule has 67 heavy (non-hydrogen) atoms. The van der Waals surface area contributed by atoms with E-state index < -0.39 is 0 Å². The van der Waals surface area contributed by atoms with E-state index in [2.05, 4.69) is 211 Å². The van der Waals surface area contributed by atoms with E-state index >= 15 is 0 Å². The van der Waals surface area contributed by atoms with Crippen LogP contribution in [0.3, 0.4) is 0 Å². The van der Waals surface area contributed by atoms with Crippen LogP contribution in [-0.2, 0) is 0 Å². The first kappa shape index (κ1) is 39.5. The smallest absolute Gasteiger partial charge is 0.165 e. The fourth-order valence-corrected chi connectivity index (χ4v) is 9.26. The molecule has 5 nitrogen and oxygen atoms in total. The summed E-state index contributed by atoms with van der Waals surface area (Å²) >= 11 is 0. The molecule has 5 heteroatoms. The zero-order valence-corrected chi connectivity index (χ0v) is 36.4. The molecule has 0 fully saturated rings. The molecule has 0 atom stereocenters. The van der Waals surface area contributed by atoms with Crippen LogP contribution in [0.1, 0.15) is 0 Å². The van der Waals surface area contributed by atoms with Crippen LogP contribution in [0.2, 0.25) is 0 Å². The number of rotatable bonds is 9. The van der Waals surface area contributed by atoms with Gasteiger partial charge in [0.15, 0.2) is 17.5 Å². The number of fused-ring (bicyclic) bond motifs is 3. The standard InChI is InChI=1S/C62H41N5/c1-6-18-42(19-7-1)46-32-33-57-56(39-46)59-55(30-17-31-58(59)67(57)54-28-14-5-15-29-54)47-26-16-27-48(34-47)61-64-60(45-24-12-4-13-25-45)65-62(66-61)53-38-52(40-63-41-53)51-36-49(43-20-8-2-9-21-43)35-50(37-51)44-22-10-3-11-23-44/h1-41H. The Hall–Kier alpha value is -9.06. The van der Waals surface area contributed by atoms with Gasteiger partial charge in [-0.15, -0.1) is 0 Å². The molecule has 12 rings (SSSR count). The van der Waals surface area contributed by atoms with Crippen molar-refractivity contribution < 1.29 is 0 Å². The van der Waals surface area contributed by atoms with Crippen LogP contribution in [0.15, 0.2) is 249 Å². The van der Waals surface area contributed by atoms with Gasteiger partial charge >= 0.3 is 0 Å². The number of aromatic nitrogens is 5. The number of pyridine rings is 1. The maximum atomic E-state index is 5.23. The summed E-state index contributed by atoms with van der Waals surface area (Å²) in [5, 5.41) is 2.37. The predicted molar refractivity (Wildman–Crippen MR) is 275 cm³/mol. The van der Waals surface area contributed by atoms with Gasteiger partial charge in [-0.3, -0.25) is 4.98 Å². The van der Waals surface area contributed by atoms with Crippen LogP contribution >= 0.6 is 0 Å². The van der Waals surface area contributed by atoms with Gasteiger partial charge in [-0.1, -0.05) is 176 Å². The highest BCUT2D eigenvalue weighted by Gasteiger charge is 2.19. The second-order valence-corrected chi connectivity index (χ2v) is 16.7. The van der Waals surface area contributed by atoms with E-state index in [0.717, 1.165) is 77.9 Å². The van der Waals surface area contributed by atoms with Crippen LogP contribution in [0.25, 0.3) is 117 Å². The highest BCUT2D eigenvalue weighted by Crippen LogP contribution is 2.41. The van der Waals surface area contributed by atoms with Crippen molar-refractivity contribution in [2.75, 3.05) is 0 Å². The molecular weight excluding hydrogens is 815 g/mol. The van der Waals surface area contributed by atoms with Crippen molar-refractivity contribution in [3.8, 4) is 95.5 Å². The van der Waals surface area contributed by atoms with Crippen LogP contribution in [0, 0.1) is 0 Å². The topological polar surface area (TPSA) is 56.5 Å². The van der Waals surface area contributed by atoms with Gasteiger partial charge in [0.1, 0.15) is 0 Å². The van der Waals surface area contributed by atoms with E-state index in [1.54, 1.807) is 0 Å². The summed E-state index contributed by atoms with van der Waals surface area (Å²) in [6.07, 6.45) is 3.77. The summed E-state index contributed by atoms with van der Waals surface area (Å²) < 4.78 is 2.37. The van der Waals surface area contributed by atoms with Gasteiger partial charge < -0.3 is 4.57 Å². The largest absolute Gasteiger partial charge is 0.309 e. The summed E-state index contributed by atoms with van der Waals surface area (Å²) in [7, 11) is 0. The minimum atomic E-state index is 0.549. The van der Waals surface area contributed by atoms with E-state index in [0.29, 0.717) is 17.5 Å². The molecule has 0 unspecified atom stereocenters. The Morgan fingerprint density at radius 2 is 0.716 bits per heavy atom. The molecule has 0 aliphatic heterocycles. The van der Waals surface area contributed by atoms with Crippen molar-refractivity contribution in [2.45, 2.75) is 0 Å². The summed E-state index contributed by atoms with van der Waals surface area (Å²) in [6.45, 7) is 0. The molecule has 0 spiro atoms. The summed E-state index contributed by atoms with van der Waals surface area (Å²) in [6, 6.07) is 83.3. The number of para-hydroxylation sites is 1. The monoisotopic (exact) mass is 855 g/mol. The first-order valence-corrected chi connectivity index (χ1v) is 22.5. The van der Waals surface area contributed by atoms with Gasteiger partial charge in [-0.25, -0.2) is 15.0 Å². The van der Waals surface area contributed by atoms with Gasteiger partial charge in [-0.2, -0.15) is 0 Å². The molecule has 0 aliphatic rings. The van der Waals surface area contributed by atoms with Crippen LogP contribution in [-0.4, -0.2) is 24.5 Å². The summed E-state index contributed by atoms with van der Waals surface area (Å²) in [4.78, 5) is 20.3. The van der Waals surface area contributed by atoms with E-state index in [1.165, 1.54) is 21.9 Å². The van der Waals surface area contributed by atoms with Crippen molar-refractivity contribution in [2.24, 2.45) is 0 Å². The van der Waals surface area contributed by atoms with Gasteiger partial charge in [0.2, 0.25) is 0 Å². The number of benzene rings is 9.